The van der Waals surface area contributed by atoms with Gasteiger partial charge in [0.2, 0.25) is 5.91 Å². The summed E-state index contributed by atoms with van der Waals surface area (Å²) in [6.07, 6.45) is 3.38. The number of carbonyl (C=O) groups is 1. The number of aliphatic hydroxyl groups excluding tert-OH is 1. The van der Waals surface area contributed by atoms with Crippen LogP contribution in [0.25, 0.3) is 0 Å². The lowest BCUT2D eigenvalue weighted by Gasteiger charge is -2.36. The Balaban J connectivity index is 1.52. The lowest BCUT2D eigenvalue weighted by atomic mass is 10.0. The average molecular weight is 452 g/mol. The van der Waals surface area contributed by atoms with Gasteiger partial charge in [-0.25, -0.2) is 9.97 Å². The molecule has 8 heteroatoms. The zero-order valence-electron chi connectivity index (χ0n) is 17.7. The number of aromatic nitrogens is 2. The number of nitrogens with zero attached hydrogens (tertiary/aromatic N) is 2. The molecule has 0 radical (unpaired) electrons. The second-order valence-corrected chi connectivity index (χ2v) is 8.48. The molecule has 0 aliphatic carbocycles. The average Bonchev–Trinajstić information content (AvgIpc) is 2.83. The van der Waals surface area contributed by atoms with Gasteiger partial charge in [-0.1, -0.05) is 48.2 Å². The first-order valence-electron chi connectivity index (χ1n) is 10.4. The fourth-order valence-corrected chi connectivity index (χ4v) is 4.30. The van der Waals surface area contributed by atoms with Gasteiger partial charge in [0, 0.05) is 42.7 Å². The number of ether oxygens (including phenoxy) is 2. The second-order valence-electron chi connectivity index (χ2n) is 7.50. The first-order chi connectivity index (χ1) is 15.6. The van der Waals surface area contributed by atoms with Crippen molar-refractivity contribution in [2.75, 3.05) is 11.1 Å². The lowest BCUT2D eigenvalue weighted by molar-refractivity contribution is -0.245. The summed E-state index contributed by atoms with van der Waals surface area (Å²) in [6.45, 7) is 1.49. The normalized spacial score (nSPS) is 20.6. The topological polar surface area (TPSA) is 93.6 Å². The minimum Gasteiger partial charge on any atom is -0.392 e. The predicted octanol–water partition coefficient (Wildman–Crippen LogP) is 4.27. The molecule has 3 aromatic rings. The van der Waals surface area contributed by atoms with Gasteiger partial charge >= 0.3 is 0 Å². The number of amides is 1. The Bertz CT molecular complexity index is 1020. The van der Waals surface area contributed by atoms with Crippen molar-refractivity contribution in [1.82, 2.24) is 9.97 Å². The van der Waals surface area contributed by atoms with Crippen molar-refractivity contribution in [1.29, 1.82) is 0 Å². The summed E-state index contributed by atoms with van der Waals surface area (Å²) in [7, 11) is 0. The predicted molar refractivity (Wildman–Crippen MR) is 122 cm³/mol. The molecule has 7 nitrogen and oxygen atoms in total. The number of hydrogen-bond acceptors (Lipinski definition) is 7. The highest BCUT2D eigenvalue weighted by molar-refractivity contribution is 7.99. The standard InChI is InChI=1S/C24H25N3O4S/c1-16(29)27-20-9-7-19(8-10-20)23-30-21(15-32-24-25-11-2-12-26-24)13-22(31-23)18-5-3-17(14-28)4-6-18/h2-12,21-23,28H,13-15H2,1H3,(H,27,29)/t21-,22+,23+/m0/s1. The van der Waals surface area contributed by atoms with Crippen LogP contribution in [0.2, 0.25) is 0 Å². The Morgan fingerprint density at radius 3 is 2.41 bits per heavy atom. The molecule has 32 heavy (non-hydrogen) atoms. The first kappa shape index (κ1) is 22.4. The van der Waals surface area contributed by atoms with E-state index in [4.69, 9.17) is 9.47 Å². The quantitative estimate of drug-likeness (QED) is 0.409. The smallest absolute Gasteiger partial charge is 0.221 e. The third-order valence-corrected chi connectivity index (χ3v) is 6.07. The molecular formula is C24H25N3O4S. The minimum absolute atomic E-state index is 0.00846. The number of thioether (sulfide) groups is 1. The Kier molecular flexibility index (Phi) is 7.49. The molecule has 4 rings (SSSR count). The van der Waals surface area contributed by atoms with Crippen LogP contribution in [-0.4, -0.2) is 32.8 Å². The molecule has 1 saturated heterocycles. The van der Waals surface area contributed by atoms with Crippen LogP contribution >= 0.6 is 11.8 Å². The Labute approximate surface area is 191 Å². The van der Waals surface area contributed by atoms with Crippen LogP contribution in [0.5, 0.6) is 0 Å². The highest BCUT2D eigenvalue weighted by atomic mass is 32.2. The third kappa shape index (κ3) is 5.92. The zero-order chi connectivity index (χ0) is 22.3. The number of benzene rings is 2. The summed E-state index contributed by atoms with van der Waals surface area (Å²) in [5.41, 5.74) is 3.50. The molecule has 0 saturated carbocycles. The Hall–Kier alpha value is -2.78. The molecule has 1 aliphatic rings. The van der Waals surface area contributed by atoms with Gasteiger partial charge in [-0.15, -0.1) is 0 Å². The van der Waals surface area contributed by atoms with E-state index < -0.39 is 6.29 Å². The van der Waals surface area contributed by atoms with Crippen molar-refractivity contribution in [3.8, 4) is 0 Å². The van der Waals surface area contributed by atoms with Gasteiger partial charge in [0.15, 0.2) is 11.4 Å². The zero-order valence-corrected chi connectivity index (χ0v) is 18.5. The van der Waals surface area contributed by atoms with Crippen molar-refractivity contribution in [2.45, 2.75) is 43.6 Å². The number of aliphatic hydroxyl groups is 1. The fraction of sp³-hybridized carbons (Fsp3) is 0.292. The van der Waals surface area contributed by atoms with Gasteiger partial charge in [-0.05, 0) is 29.3 Å². The first-order valence-corrected chi connectivity index (χ1v) is 11.4. The number of rotatable bonds is 7. The van der Waals surface area contributed by atoms with Crippen LogP contribution in [-0.2, 0) is 20.9 Å². The number of nitrogens with one attached hydrogen (secondary N) is 1. The van der Waals surface area contributed by atoms with Crippen molar-refractivity contribution in [3.63, 3.8) is 0 Å². The second kappa shape index (κ2) is 10.7. The molecule has 1 aliphatic heterocycles. The van der Waals surface area contributed by atoms with E-state index in [0.717, 1.165) is 22.4 Å². The summed E-state index contributed by atoms with van der Waals surface area (Å²) in [6, 6.07) is 17.1. The molecule has 1 amide bonds. The molecule has 166 valence electrons. The van der Waals surface area contributed by atoms with E-state index in [-0.39, 0.29) is 24.7 Å². The van der Waals surface area contributed by atoms with E-state index in [1.807, 2.05) is 48.5 Å². The van der Waals surface area contributed by atoms with Crippen molar-refractivity contribution >= 4 is 23.4 Å². The van der Waals surface area contributed by atoms with E-state index in [1.165, 1.54) is 6.92 Å². The Morgan fingerprint density at radius 2 is 1.75 bits per heavy atom. The van der Waals surface area contributed by atoms with Crippen LogP contribution in [0.4, 0.5) is 5.69 Å². The lowest BCUT2D eigenvalue weighted by Crippen LogP contribution is -2.31. The van der Waals surface area contributed by atoms with Crippen molar-refractivity contribution < 1.29 is 19.4 Å². The highest BCUT2D eigenvalue weighted by Crippen LogP contribution is 2.39. The largest absolute Gasteiger partial charge is 0.392 e. The highest BCUT2D eigenvalue weighted by Gasteiger charge is 2.32. The van der Waals surface area contributed by atoms with Gasteiger partial charge in [0.1, 0.15) is 0 Å². The maximum absolute atomic E-state index is 11.3. The van der Waals surface area contributed by atoms with Crippen molar-refractivity contribution in [2.24, 2.45) is 0 Å². The molecule has 2 N–H and O–H groups in total. The summed E-state index contributed by atoms with van der Waals surface area (Å²) < 4.78 is 12.6. The van der Waals surface area contributed by atoms with Gasteiger partial charge < -0.3 is 19.9 Å². The van der Waals surface area contributed by atoms with Crippen LogP contribution < -0.4 is 5.32 Å². The fourth-order valence-electron chi connectivity index (χ4n) is 3.48. The van der Waals surface area contributed by atoms with Crippen molar-refractivity contribution in [3.05, 3.63) is 83.7 Å². The van der Waals surface area contributed by atoms with E-state index in [2.05, 4.69) is 15.3 Å². The minimum atomic E-state index is -0.542. The van der Waals surface area contributed by atoms with E-state index in [9.17, 15) is 9.90 Å². The van der Waals surface area contributed by atoms with E-state index >= 15 is 0 Å². The molecule has 1 fully saturated rings. The number of anilines is 1. The summed E-state index contributed by atoms with van der Waals surface area (Å²) >= 11 is 1.55. The maximum atomic E-state index is 11.3. The monoisotopic (exact) mass is 451 g/mol. The summed E-state index contributed by atoms with van der Waals surface area (Å²) in [4.78, 5) is 19.8. The SMILES string of the molecule is CC(=O)Nc1ccc([C@@H]2O[C@H](CSc3ncccn3)C[C@H](c3ccc(CO)cc3)O2)cc1. The van der Waals surface area contributed by atoms with Crippen LogP contribution in [0.1, 0.15) is 42.4 Å². The molecule has 0 spiro atoms. The molecule has 3 atom stereocenters. The number of hydrogen-bond donors (Lipinski definition) is 2. The summed E-state index contributed by atoms with van der Waals surface area (Å²) in [5.74, 6) is 0.577. The van der Waals surface area contributed by atoms with Crippen LogP contribution in [0, 0.1) is 0 Å². The molecule has 1 aromatic heterocycles. The molecule has 2 aromatic carbocycles. The Morgan fingerprint density at radius 1 is 1.06 bits per heavy atom. The molecular weight excluding hydrogens is 426 g/mol. The van der Waals surface area contributed by atoms with Gasteiger partial charge in [-0.2, -0.15) is 0 Å². The maximum Gasteiger partial charge on any atom is 0.221 e. The molecule has 2 heterocycles. The van der Waals surface area contributed by atoms with Crippen LogP contribution in [0.15, 0.2) is 72.1 Å². The summed E-state index contributed by atoms with van der Waals surface area (Å²) in [5, 5.41) is 12.8. The molecule has 0 unspecified atom stereocenters. The van der Waals surface area contributed by atoms with Crippen LogP contribution in [0.3, 0.4) is 0 Å². The third-order valence-electron chi connectivity index (χ3n) is 5.06. The van der Waals surface area contributed by atoms with Gasteiger partial charge in [0.05, 0.1) is 18.8 Å². The van der Waals surface area contributed by atoms with Gasteiger partial charge in [-0.3, -0.25) is 4.79 Å². The van der Waals surface area contributed by atoms with E-state index in [0.29, 0.717) is 17.3 Å². The van der Waals surface area contributed by atoms with Gasteiger partial charge in [0.25, 0.3) is 0 Å². The molecule has 0 bridgehead atoms. The van der Waals surface area contributed by atoms with E-state index in [1.54, 1.807) is 30.2 Å². The number of carbonyl (C=O) groups excluding carboxylic acids is 1.